The first-order valence-corrected chi connectivity index (χ1v) is 4.88. The predicted octanol–water partition coefficient (Wildman–Crippen LogP) is 0.437. The maximum absolute atomic E-state index is 11.4. The van der Waals surface area contributed by atoms with E-state index >= 15 is 0 Å². The molecule has 4 nitrogen and oxygen atoms in total. The highest BCUT2D eigenvalue weighted by atomic mass is 16.5. The van der Waals surface area contributed by atoms with Crippen molar-refractivity contribution in [1.82, 2.24) is 10.2 Å². The average Bonchev–Trinajstić information content (AvgIpc) is 2.60. The second-order valence-electron chi connectivity index (χ2n) is 3.77. The Kier molecular flexibility index (Phi) is 2.40. The number of methoxy groups -OCH3 is 1. The van der Waals surface area contributed by atoms with Crippen LogP contribution in [0.2, 0.25) is 0 Å². The molecule has 13 heavy (non-hydrogen) atoms. The van der Waals surface area contributed by atoms with Gasteiger partial charge in [0, 0.05) is 12.6 Å². The first-order valence-electron chi connectivity index (χ1n) is 4.88. The van der Waals surface area contributed by atoms with Gasteiger partial charge in [-0.1, -0.05) is 0 Å². The van der Waals surface area contributed by atoms with E-state index in [1.807, 2.05) is 4.90 Å². The zero-order valence-electron chi connectivity index (χ0n) is 7.95. The van der Waals surface area contributed by atoms with Gasteiger partial charge in [0.2, 0.25) is 0 Å². The number of hydrogen-bond acceptors (Lipinski definition) is 3. The number of carbonyl (C=O) groups is 1. The second kappa shape index (κ2) is 3.54. The Labute approximate surface area is 78.2 Å². The van der Waals surface area contributed by atoms with Crippen LogP contribution in [-0.2, 0) is 4.74 Å². The van der Waals surface area contributed by atoms with Gasteiger partial charge in [-0.05, 0) is 31.8 Å². The first kappa shape index (κ1) is 8.81. The molecule has 0 saturated carbocycles. The summed E-state index contributed by atoms with van der Waals surface area (Å²) < 4.78 is 4.75. The zero-order chi connectivity index (χ0) is 9.26. The molecule has 0 spiro atoms. The Morgan fingerprint density at radius 1 is 1.54 bits per heavy atom. The van der Waals surface area contributed by atoms with Gasteiger partial charge >= 0.3 is 6.09 Å². The van der Waals surface area contributed by atoms with E-state index in [9.17, 15) is 4.79 Å². The molecule has 1 N–H and O–H groups in total. The van der Waals surface area contributed by atoms with Gasteiger partial charge in [0.25, 0.3) is 0 Å². The molecule has 2 aliphatic rings. The SMILES string of the molecule is COC(=O)N1CCC2CNCCC21. The van der Waals surface area contributed by atoms with Crippen LogP contribution in [0.4, 0.5) is 4.79 Å². The molecular weight excluding hydrogens is 168 g/mol. The third kappa shape index (κ3) is 1.50. The number of carbonyl (C=O) groups excluding carboxylic acids is 1. The van der Waals surface area contributed by atoms with Crippen molar-refractivity contribution >= 4 is 6.09 Å². The maximum atomic E-state index is 11.4. The van der Waals surface area contributed by atoms with Crippen molar-refractivity contribution in [3.63, 3.8) is 0 Å². The monoisotopic (exact) mass is 184 g/mol. The number of ether oxygens (including phenoxy) is 1. The molecule has 0 radical (unpaired) electrons. The molecule has 2 fully saturated rings. The lowest BCUT2D eigenvalue weighted by molar-refractivity contribution is 0.108. The van der Waals surface area contributed by atoms with Crippen molar-refractivity contribution in [2.75, 3.05) is 26.7 Å². The molecule has 2 rings (SSSR count). The van der Waals surface area contributed by atoms with Gasteiger partial charge in [-0.15, -0.1) is 0 Å². The summed E-state index contributed by atoms with van der Waals surface area (Å²) in [6.07, 6.45) is 2.03. The van der Waals surface area contributed by atoms with Crippen LogP contribution in [0.3, 0.4) is 0 Å². The van der Waals surface area contributed by atoms with Gasteiger partial charge in [-0.3, -0.25) is 0 Å². The minimum atomic E-state index is -0.158. The fraction of sp³-hybridized carbons (Fsp3) is 0.889. The molecule has 0 aromatic carbocycles. The summed E-state index contributed by atoms with van der Waals surface area (Å²) in [6.45, 7) is 2.94. The van der Waals surface area contributed by atoms with E-state index in [0.717, 1.165) is 32.5 Å². The summed E-state index contributed by atoms with van der Waals surface area (Å²) in [5.41, 5.74) is 0. The van der Waals surface area contributed by atoms with Crippen LogP contribution in [0, 0.1) is 5.92 Å². The summed E-state index contributed by atoms with van der Waals surface area (Å²) in [6, 6.07) is 0.425. The molecule has 0 aliphatic carbocycles. The van der Waals surface area contributed by atoms with E-state index < -0.39 is 0 Å². The van der Waals surface area contributed by atoms with Gasteiger partial charge < -0.3 is 15.0 Å². The molecule has 0 aromatic rings. The Bertz CT molecular complexity index is 208. The van der Waals surface area contributed by atoms with E-state index in [-0.39, 0.29) is 6.09 Å². The Morgan fingerprint density at radius 2 is 2.38 bits per heavy atom. The van der Waals surface area contributed by atoms with Crippen molar-refractivity contribution in [3.8, 4) is 0 Å². The van der Waals surface area contributed by atoms with Crippen molar-refractivity contribution in [2.45, 2.75) is 18.9 Å². The molecule has 1 amide bonds. The van der Waals surface area contributed by atoms with Crippen LogP contribution in [-0.4, -0.2) is 43.8 Å². The smallest absolute Gasteiger partial charge is 0.409 e. The van der Waals surface area contributed by atoms with Crippen molar-refractivity contribution < 1.29 is 9.53 Å². The lowest BCUT2D eigenvalue weighted by atomic mass is 9.94. The van der Waals surface area contributed by atoms with E-state index in [1.165, 1.54) is 7.11 Å². The van der Waals surface area contributed by atoms with Gasteiger partial charge in [-0.25, -0.2) is 4.79 Å². The number of nitrogens with one attached hydrogen (secondary N) is 1. The fourth-order valence-electron chi connectivity index (χ4n) is 2.43. The van der Waals surface area contributed by atoms with Crippen LogP contribution in [0.1, 0.15) is 12.8 Å². The zero-order valence-corrected chi connectivity index (χ0v) is 7.95. The standard InChI is InChI=1S/C9H16N2O2/c1-13-9(12)11-5-3-7-6-10-4-2-8(7)11/h7-8,10H,2-6H2,1H3. The number of amides is 1. The topological polar surface area (TPSA) is 41.6 Å². The highest BCUT2D eigenvalue weighted by Crippen LogP contribution is 2.28. The van der Waals surface area contributed by atoms with Crippen LogP contribution < -0.4 is 5.32 Å². The number of piperidine rings is 1. The van der Waals surface area contributed by atoms with Crippen molar-refractivity contribution in [2.24, 2.45) is 5.92 Å². The van der Waals surface area contributed by atoms with Crippen LogP contribution in [0.15, 0.2) is 0 Å². The van der Waals surface area contributed by atoms with E-state index in [0.29, 0.717) is 12.0 Å². The number of hydrogen-bond donors (Lipinski definition) is 1. The summed E-state index contributed by atoms with van der Waals surface area (Å²) in [5, 5.41) is 3.35. The molecule has 74 valence electrons. The van der Waals surface area contributed by atoms with Crippen LogP contribution in [0.25, 0.3) is 0 Å². The fourth-order valence-corrected chi connectivity index (χ4v) is 2.43. The number of fused-ring (bicyclic) bond motifs is 1. The van der Waals surface area contributed by atoms with Crippen LogP contribution >= 0.6 is 0 Å². The van der Waals surface area contributed by atoms with Crippen LogP contribution in [0.5, 0.6) is 0 Å². The van der Waals surface area contributed by atoms with E-state index in [2.05, 4.69) is 5.32 Å². The van der Waals surface area contributed by atoms with E-state index in [1.54, 1.807) is 0 Å². The molecule has 2 atom stereocenters. The molecule has 0 bridgehead atoms. The third-order valence-corrected chi connectivity index (χ3v) is 3.12. The minimum absolute atomic E-state index is 0.158. The summed E-state index contributed by atoms with van der Waals surface area (Å²) in [4.78, 5) is 13.2. The Balaban J connectivity index is 2.02. The average molecular weight is 184 g/mol. The quantitative estimate of drug-likeness (QED) is 0.594. The summed E-state index contributed by atoms with van der Waals surface area (Å²) >= 11 is 0. The summed E-state index contributed by atoms with van der Waals surface area (Å²) in [5.74, 6) is 0.646. The summed E-state index contributed by atoms with van der Waals surface area (Å²) in [7, 11) is 1.46. The number of nitrogens with zero attached hydrogens (tertiary/aromatic N) is 1. The highest BCUT2D eigenvalue weighted by molar-refractivity contribution is 5.68. The van der Waals surface area contributed by atoms with E-state index in [4.69, 9.17) is 4.74 Å². The van der Waals surface area contributed by atoms with Gasteiger partial charge in [0.1, 0.15) is 0 Å². The lowest BCUT2D eigenvalue weighted by Crippen LogP contribution is -2.45. The third-order valence-electron chi connectivity index (χ3n) is 3.12. The molecule has 2 saturated heterocycles. The van der Waals surface area contributed by atoms with Crippen molar-refractivity contribution in [1.29, 1.82) is 0 Å². The molecule has 2 heterocycles. The Morgan fingerprint density at radius 3 is 3.15 bits per heavy atom. The van der Waals surface area contributed by atoms with Gasteiger partial charge in [0.15, 0.2) is 0 Å². The second-order valence-corrected chi connectivity index (χ2v) is 3.77. The molecular formula is C9H16N2O2. The predicted molar refractivity (Wildman–Crippen MR) is 48.5 cm³/mol. The highest BCUT2D eigenvalue weighted by Gasteiger charge is 2.38. The lowest BCUT2D eigenvalue weighted by Gasteiger charge is -2.31. The largest absolute Gasteiger partial charge is 0.453 e. The molecule has 2 unspecified atom stereocenters. The normalized spacial score (nSPS) is 32.8. The number of likely N-dealkylation sites (tertiary alicyclic amines) is 1. The van der Waals surface area contributed by atoms with Crippen molar-refractivity contribution in [3.05, 3.63) is 0 Å². The number of rotatable bonds is 0. The Hall–Kier alpha value is -0.770. The van der Waals surface area contributed by atoms with Gasteiger partial charge in [0.05, 0.1) is 7.11 Å². The molecule has 0 aromatic heterocycles. The molecule has 4 heteroatoms. The molecule has 2 aliphatic heterocycles. The maximum Gasteiger partial charge on any atom is 0.409 e. The van der Waals surface area contributed by atoms with Gasteiger partial charge in [-0.2, -0.15) is 0 Å². The minimum Gasteiger partial charge on any atom is -0.453 e. The first-order chi connectivity index (χ1) is 6.33.